The van der Waals surface area contributed by atoms with Crippen molar-refractivity contribution >= 4 is 0 Å². The molecule has 0 saturated heterocycles. The summed E-state index contributed by atoms with van der Waals surface area (Å²) in [5.41, 5.74) is 1.09. The van der Waals surface area contributed by atoms with Crippen LogP contribution >= 0.6 is 0 Å². The highest BCUT2D eigenvalue weighted by Crippen LogP contribution is 2.20. The first-order valence-corrected chi connectivity index (χ1v) is 6.92. The molecule has 1 fully saturated rings. The van der Waals surface area contributed by atoms with E-state index in [-0.39, 0.29) is 6.10 Å². The van der Waals surface area contributed by atoms with E-state index in [2.05, 4.69) is 28.5 Å². The Hall–Kier alpha value is -1.35. The number of aromatic nitrogens is 1. The summed E-state index contributed by atoms with van der Waals surface area (Å²) in [6.45, 7) is 0.869. The van der Waals surface area contributed by atoms with Crippen molar-refractivity contribution in [1.29, 1.82) is 0 Å². The molecule has 0 aliphatic heterocycles. The van der Waals surface area contributed by atoms with Gasteiger partial charge >= 0.3 is 0 Å². The normalized spacial score (nSPS) is 23.0. The lowest BCUT2D eigenvalue weighted by Gasteiger charge is -2.18. The lowest BCUT2D eigenvalue weighted by Crippen LogP contribution is -2.17. The van der Waals surface area contributed by atoms with Crippen LogP contribution in [-0.2, 0) is 6.54 Å². The number of nitrogens with one attached hydrogen (secondary N) is 1. The first-order valence-electron chi connectivity index (χ1n) is 6.92. The Kier molecular flexibility index (Phi) is 3.60. The average molecular weight is 244 g/mol. The number of nitrogens with zero attached hydrogens (tertiary/aromatic N) is 1. The van der Waals surface area contributed by atoms with Crippen molar-refractivity contribution in [3.8, 4) is 5.75 Å². The molecule has 3 heteroatoms. The molecule has 1 aromatic heterocycles. The fraction of sp³-hybridized carbons (Fsp3) is 0.533. The minimum atomic E-state index is 0.232. The van der Waals surface area contributed by atoms with Crippen LogP contribution in [0.4, 0.5) is 0 Å². The molecule has 0 amide bonds. The summed E-state index contributed by atoms with van der Waals surface area (Å²) in [5, 5.41) is 3.46. The van der Waals surface area contributed by atoms with Crippen molar-refractivity contribution in [3.63, 3.8) is 0 Å². The number of rotatable bonds is 5. The van der Waals surface area contributed by atoms with Crippen LogP contribution in [0.3, 0.4) is 0 Å². The van der Waals surface area contributed by atoms with Gasteiger partial charge in [-0.1, -0.05) is 6.08 Å². The Balaban J connectivity index is 1.52. The largest absolute Gasteiger partial charge is 0.485 e. The van der Waals surface area contributed by atoms with Crippen LogP contribution in [0.25, 0.3) is 0 Å². The lowest BCUT2D eigenvalue weighted by atomic mass is 10.1. The van der Waals surface area contributed by atoms with E-state index in [0.29, 0.717) is 0 Å². The third kappa shape index (κ3) is 3.33. The van der Waals surface area contributed by atoms with Crippen molar-refractivity contribution in [1.82, 2.24) is 10.3 Å². The maximum Gasteiger partial charge on any atom is 0.138 e. The van der Waals surface area contributed by atoms with Crippen molar-refractivity contribution in [2.45, 2.75) is 50.8 Å². The van der Waals surface area contributed by atoms with Crippen LogP contribution in [0.2, 0.25) is 0 Å². The van der Waals surface area contributed by atoms with Gasteiger partial charge in [-0.05, 0) is 50.3 Å². The molecule has 18 heavy (non-hydrogen) atoms. The average Bonchev–Trinajstić information content (AvgIpc) is 3.23. The molecule has 1 aromatic rings. The third-order valence-corrected chi connectivity index (χ3v) is 3.44. The molecule has 0 spiro atoms. The van der Waals surface area contributed by atoms with Gasteiger partial charge in [0.25, 0.3) is 0 Å². The topological polar surface area (TPSA) is 34.1 Å². The molecule has 96 valence electrons. The predicted octanol–water partition coefficient (Wildman–Crippen LogP) is 2.82. The van der Waals surface area contributed by atoms with Crippen LogP contribution in [0.1, 0.15) is 37.8 Å². The Morgan fingerprint density at radius 1 is 1.28 bits per heavy atom. The van der Waals surface area contributed by atoms with E-state index in [9.17, 15) is 0 Å². The lowest BCUT2D eigenvalue weighted by molar-refractivity contribution is 0.229. The van der Waals surface area contributed by atoms with Crippen molar-refractivity contribution in [2.24, 2.45) is 0 Å². The van der Waals surface area contributed by atoms with Gasteiger partial charge in [0, 0.05) is 12.6 Å². The van der Waals surface area contributed by atoms with Gasteiger partial charge in [0.15, 0.2) is 0 Å². The summed E-state index contributed by atoms with van der Waals surface area (Å²) in [6, 6.07) is 4.81. The third-order valence-electron chi connectivity index (χ3n) is 3.44. The molecular formula is C15H20N2O. The van der Waals surface area contributed by atoms with Crippen LogP contribution in [0.15, 0.2) is 30.5 Å². The number of allylic oxidation sites excluding steroid dienone is 1. The fourth-order valence-corrected chi connectivity index (χ4v) is 2.18. The predicted molar refractivity (Wildman–Crippen MR) is 71.5 cm³/mol. The van der Waals surface area contributed by atoms with Gasteiger partial charge in [-0.15, -0.1) is 0 Å². The summed E-state index contributed by atoms with van der Waals surface area (Å²) in [4.78, 5) is 4.43. The highest BCUT2D eigenvalue weighted by Gasteiger charge is 2.20. The van der Waals surface area contributed by atoms with E-state index >= 15 is 0 Å². The Labute approximate surface area is 108 Å². The number of ether oxygens (including phenoxy) is 1. The van der Waals surface area contributed by atoms with Crippen LogP contribution in [-0.4, -0.2) is 17.1 Å². The van der Waals surface area contributed by atoms with Crippen LogP contribution < -0.4 is 10.1 Å². The SMILES string of the molecule is C1=CC(Oc2ccc(CNC3CC3)nc2)CCC1. The van der Waals surface area contributed by atoms with E-state index in [1.165, 1.54) is 25.7 Å². The zero-order valence-electron chi connectivity index (χ0n) is 10.6. The number of hydrogen-bond donors (Lipinski definition) is 1. The van der Waals surface area contributed by atoms with Crippen LogP contribution in [0, 0.1) is 0 Å². The van der Waals surface area contributed by atoms with E-state index in [1.54, 1.807) is 0 Å². The number of hydrogen-bond acceptors (Lipinski definition) is 3. The van der Waals surface area contributed by atoms with Gasteiger partial charge in [-0.25, -0.2) is 0 Å². The highest BCUT2D eigenvalue weighted by molar-refractivity contribution is 5.21. The van der Waals surface area contributed by atoms with Gasteiger partial charge in [-0.3, -0.25) is 4.98 Å². The van der Waals surface area contributed by atoms with Crippen molar-refractivity contribution in [2.75, 3.05) is 0 Å². The summed E-state index contributed by atoms with van der Waals surface area (Å²) < 4.78 is 5.88. The van der Waals surface area contributed by atoms with Crippen molar-refractivity contribution < 1.29 is 4.74 Å². The molecule has 2 aliphatic carbocycles. The molecule has 1 heterocycles. The van der Waals surface area contributed by atoms with E-state index in [0.717, 1.165) is 30.5 Å². The van der Waals surface area contributed by atoms with E-state index in [1.807, 2.05) is 12.3 Å². The second-order valence-electron chi connectivity index (χ2n) is 5.16. The molecule has 3 nitrogen and oxygen atoms in total. The summed E-state index contributed by atoms with van der Waals surface area (Å²) in [6.07, 6.45) is 12.6. The first-order chi connectivity index (χ1) is 8.90. The van der Waals surface area contributed by atoms with Gasteiger partial charge in [-0.2, -0.15) is 0 Å². The second kappa shape index (κ2) is 5.53. The fourth-order valence-electron chi connectivity index (χ4n) is 2.18. The highest BCUT2D eigenvalue weighted by atomic mass is 16.5. The quantitative estimate of drug-likeness (QED) is 0.809. The molecule has 0 radical (unpaired) electrons. The van der Waals surface area contributed by atoms with Gasteiger partial charge in [0.1, 0.15) is 11.9 Å². The maximum absolute atomic E-state index is 5.88. The van der Waals surface area contributed by atoms with Crippen molar-refractivity contribution in [3.05, 3.63) is 36.2 Å². The monoisotopic (exact) mass is 244 g/mol. The van der Waals surface area contributed by atoms with Gasteiger partial charge < -0.3 is 10.1 Å². The summed E-state index contributed by atoms with van der Waals surface area (Å²) in [7, 11) is 0. The molecule has 3 rings (SSSR count). The first kappa shape index (κ1) is 11.7. The second-order valence-corrected chi connectivity index (χ2v) is 5.16. The standard InChI is InChI=1S/C15H20N2O/c1-2-4-14(5-3-1)18-15-9-8-13(17-11-15)10-16-12-6-7-12/h2,4,8-9,11-12,14,16H,1,3,5-7,10H2. The molecule has 1 atom stereocenters. The van der Waals surface area contributed by atoms with Gasteiger partial charge in [0.05, 0.1) is 11.9 Å². The summed E-state index contributed by atoms with van der Waals surface area (Å²) >= 11 is 0. The smallest absolute Gasteiger partial charge is 0.138 e. The van der Waals surface area contributed by atoms with Crippen LogP contribution in [0.5, 0.6) is 5.75 Å². The Morgan fingerprint density at radius 2 is 2.22 bits per heavy atom. The Bertz CT molecular complexity index is 409. The maximum atomic E-state index is 5.88. The van der Waals surface area contributed by atoms with Gasteiger partial charge in [0.2, 0.25) is 0 Å². The molecule has 1 N–H and O–H groups in total. The minimum absolute atomic E-state index is 0.232. The van der Waals surface area contributed by atoms with E-state index < -0.39 is 0 Å². The number of pyridine rings is 1. The molecular weight excluding hydrogens is 224 g/mol. The molecule has 1 saturated carbocycles. The Morgan fingerprint density at radius 3 is 2.89 bits per heavy atom. The molecule has 1 unspecified atom stereocenters. The zero-order valence-corrected chi connectivity index (χ0v) is 10.6. The minimum Gasteiger partial charge on any atom is -0.485 e. The molecule has 0 aromatic carbocycles. The van der Waals surface area contributed by atoms with E-state index in [4.69, 9.17) is 4.74 Å². The molecule has 0 bridgehead atoms. The summed E-state index contributed by atoms with van der Waals surface area (Å²) in [5.74, 6) is 0.877. The molecule has 2 aliphatic rings. The zero-order chi connectivity index (χ0) is 12.2.